The van der Waals surface area contributed by atoms with Gasteiger partial charge in [0.1, 0.15) is 0 Å². The summed E-state index contributed by atoms with van der Waals surface area (Å²) in [5.74, 6) is 1.43. The van der Waals surface area contributed by atoms with Crippen molar-refractivity contribution in [3.8, 4) is 0 Å². The van der Waals surface area contributed by atoms with E-state index in [4.69, 9.17) is 0 Å². The van der Waals surface area contributed by atoms with Gasteiger partial charge >= 0.3 is 0 Å². The molecule has 0 rings (SSSR count). The molecule has 0 aromatic heterocycles. The molecule has 17 heavy (non-hydrogen) atoms. The fourth-order valence-electron chi connectivity index (χ4n) is 2.04. The Bertz CT molecular complexity index is 266. The Morgan fingerprint density at radius 1 is 0.765 bits per heavy atom. The molecule has 0 spiro atoms. The van der Waals surface area contributed by atoms with Gasteiger partial charge in [-0.2, -0.15) is 0 Å². The molecule has 0 nitrogen and oxygen atoms in total. The zero-order valence-electron chi connectivity index (χ0n) is 11.9. The average Bonchev–Trinajstić information content (AvgIpc) is 2.16. The van der Waals surface area contributed by atoms with Crippen LogP contribution in [0.25, 0.3) is 0 Å². The van der Waals surface area contributed by atoms with Crippen molar-refractivity contribution in [1.29, 1.82) is 0 Å². The van der Waals surface area contributed by atoms with Gasteiger partial charge in [-0.05, 0) is 12.2 Å². The lowest BCUT2D eigenvalue weighted by Gasteiger charge is -2.23. The van der Waals surface area contributed by atoms with Gasteiger partial charge in [-0.15, -0.1) is 0 Å². The summed E-state index contributed by atoms with van der Waals surface area (Å²) in [5, 5.41) is 0. The van der Waals surface area contributed by atoms with Gasteiger partial charge in [0.25, 0.3) is 0 Å². The van der Waals surface area contributed by atoms with Gasteiger partial charge in [0.2, 0.25) is 0 Å². The summed E-state index contributed by atoms with van der Waals surface area (Å²) in [6.45, 7) is 17.3. The van der Waals surface area contributed by atoms with Gasteiger partial charge in [-0.1, -0.05) is 37.5 Å². The summed E-state index contributed by atoms with van der Waals surface area (Å²) in [7, 11) is -1.57. The lowest BCUT2D eigenvalue weighted by Crippen LogP contribution is -2.05. The first kappa shape index (κ1) is 16.8. The summed E-state index contributed by atoms with van der Waals surface area (Å²) in [6, 6.07) is 0. The second-order valence-electron chi connectivity index (χ2n) is 5.71. The Hall–Kier alpha value is -0.180. The van der Waals surface area contributed by atoms with Gasteiger partial charge in [0, 0.05) is 14.5 Å². The van der Waals surface area contributed by atoms with Crippen molar-refractivity contribution in [2.24, 2.45) is 0 Å². The molecule has 0 fully saturated rings. The van der Waals surface area contributed by atoms with Crippen LogP contribution in [0.5, 0.6) is 0 Å². The topological polar surface area (TPSA) is 0 Å². The number of hydrogen-bond donors (Lipinski definition) is 0. The SMILES string of the molecule is C=C/C=C/C[P+](C)(C)C[P+](C)(C)C/C=C/C=C. The minimum atomic E-state index is -0.787. The highest BCUT2D eigenvalue weighted by Crippen LogP contribution is 2.67. The fraction of sp³-hybridized carbons (Fsp3) is 0.467. The summed E-state index contributed by atoms with van der Waals surface area (Å²) < 4.78 is 0. The summed E-state index contributed by atoms with van der Waals surface area (Å²) in [5.41, 5.74) is 0. The molecule has 0 heterocycles. The highest BCUT2D eigenvalue weighted by atomic mass is 31.2. The quantitative estimate of drug-likeness (QED) is 0.431. The Labute approximate surface area is 109 Å². The van der Waals surface area contributed by atoms with E-state index in [1.807, 2.05) is 12.2 Å². The molecule has 0 radical (unpaired) electrons. The lowest BCUT2D eigenvalue weighted by atomic mass is 10.5. The third kappa shape index (κ3) is 9.51. The van der Waals surface area contributed by atoms with Crippen molar-refractivity contribution in [2.75, 3.05) is 44.9 Å². The van der Waals surface area contributed by atoms with E-state index in [-0.39, 0.29) is 0 Å². The van der Waals surface area contributed by atoms with Crippen molar-refractivity contribution >= 4 is 14.5 Å². The molecular weight excluding hydrogens is 242 g/mol. The molecule has 0 aromatic carbocycles. The zero-order chi connectivity index (χ0) is 13.4. The molecule has 0 aliphatic heterocycles. The van der Waals surface area contributed by atoms with E-state index >= 15 is 0 Å². The van der Waals surface area contributed by atoms with E-state index in [1.165, 1.54) is 18.2 Å². The monoisotopic (exact) mass is 270 g/mol. The predicted molar refractivity (Wildman–Crippen MR) is 90.8 cm³/mol. The average molecular weight is 270 g/mol. The number of allylic oxidation sites excluding steroid dienone is 6. The van der Waals surface area contributed by atoms with E-state index in [9.17, 15) is 0 Å². The van der Waals surface area contributed by atoms with Gasteiger partial charge in [0.05, 0.1) is 39.0 Å². The van der Waals surface area contributed by atoms with E-state index in [0.29, 0.717) is 0 Å². The molecule has 0 N–H and O–H groups in total. The summed E-state index contributed by atoms with van der Waals surface area (Å²) >= 11 is 0. The lowest BCUT2D eigenvalue weighted by molar-refractivity contribution is 1.59. The molecule has 0 aliphatic carbocycles. The molecule has 96 valence electrons. The molecule has 0 amide bonds. The van der Waals surface area contributed by atoms with Crippen LogP contribution < -0.4 is 0 Å². The van der Waals surface area contributed by atoms with Crippen LogP contribution in [-0.4, -0.2) is 44.9 Å². The minimum absolute atomic E-state index is 0.787. The highest BCUT2D eigenvalue weighted by molar-refractivity contribution is 7.90. The summed E-state index contributed by atoms with van der Waals surface area (Å²) in [4.78, 5) is 0. The van der Waals surface area contributed by atoms with Crippen LogP contribution in [0, 0.1) is 0 Å². The maximum Gasteiger partial charge on any atom is 0.159 e. The Balaban J connectivity index is 4.35. The fourth-order valence-corrected chi connectivity index (χ4v) is 12.6. The molecule has 0 saturated heterocycles. The Morgan fingerprint density at radius 3 is 1.41 bits per heavy atom. The minimum Gasteiger partial charge on any atom is -0.0991 e. The molecule has 2 heteroatoms. The van der Waals surface area contributed by atoms with Gasteiger partial charge < -0.3 is 0 Å². The van der Waals surface area contributed by atoms with E-state index in [2.05, 4.69) is 64.1 Å². The number of hydrogen-bond acceptors (Lipinski definition) is 0. The molecule has 0 unspecified atom stereocenters. The van der Waals surface area contributed by atoms with Gasteiger partial charge in [-0.25, -0.2) is 0 Å². The molecule has 0 aliphatic rings. The first-order chi connectivity index (χ1) is 7.83. The zero-order valence-corrected chi connectivity index (χ0v) is 13.7. The maximum atomic E-state index is 3.72. The summed E-state index contributed by atoms with van der Waals surface area (Å²) in [6.07, 6.45) is 14.9. The third-order valence-electron chi connectivity index (χ3n) is 2.51. The number of rotatable bonds is 8. The first-order valence-corrected chi connectivity index (χ1v) is 12.1. The third-order valence-corrected chi connectivity index (χ3v) is 11.0. The molecule has 0 saturated carbocycles. The van der Waals surface area contributed by atoms with Crippen LogP contribution in [-0.2, 0) is 0 Å². The van der Waals surface area contributed by atoms with Crippen LogP contribution in [0.2, 0.25) is 0 Å². The maximum absolute atomic E-state index is 3.72. The van der Waals surface area contributed by atoms with Crippen molar-refractivity contribution in [1.82, 2.24) is 0 Å². The second kappa shape index (κ2) is 8.02. The van der Waals surface area contributed by atoms with Crippen LogP contribution in [0.15, 0.2) is 49.6 Å². The van der Waals surface area contributed by atoms with Crippen LogP contribution in [0.1, 0.15) is 0 Å². The van der Waals surface area contributed by atoms with E-state index in [0.717, 1.165) is 0 Å². The first-order valence-electron chi connectivity index (χ1n) is 6.02. The van der Waals surface area contributed by atoms with Crippen molar-refractivity contribution in [2.45, 2.75) is 0 Å². The largest absolute Gasteiger partial charge is 0.159 e. The molecule has 0 bridgehead atoms. The van der Waals surface area contributed by atoms with Crippen molar-refractivity contribution in [3.05, 3.63) is 49.6 Å². The predicted octanol–water partition coefficient (Wildman–Crippen LogP) is 4.98. The smallest absolute Gasteiger partial charge is 0.0991 e. The van der Waals surface area contributed by atoms with Crippen molar-refractivity contribution in [3.63, 3.8) is 0 Å². The molecule has 0 aromatic rings. The van der Waals surface area contributed by atoms with Crippen LogP contribution in [0.3, 0.4) is 0 Å². The van der Waals surface area contributed by atoms with Crippen LogP contribution in [0.4, 0.5) is 0 Å². The normalized spacial score (nSPS) is 13.4. The Morgan fingerprint density at radius 2 is 1.12 bits per heavy atom. The van der Waals surface area contributed by atoms with E-state index in [1.54, 1.807) is 0 Å². The molecule has 0 atom stereocenters. The van der Waals surface area contributed by atoms with E-state index < -0.39 is 14.5 Å². The van der Waals surface area contributed by atoms with Crippen LogP contribution >= 0.6 is 14.5 Å². The standard InChI is InChI=1S/C15H28P2/c1-7-9-11-13-16(3,4)15-17(5,6)14-12-10-8-2/h7-12H,1-2,13-15H2,3-6H3/q+2/b11-9+,12-10+. The second-order valence-corrected chi connectivity index (χ2v) is 15.3. The highest BCUT2D eigenvalue weighted by Gasteiger charge is 2.37. The molecular formula is C15H28P2+2. The van der Waals surface area contributed by atoms with Gasteiger partial charge in [0.15, 0.2) is 5.90 Å². The van der Waals surface area contributed by atoms with Crippen molar-refractivity contribution < 1.29 is 0 Å². The van der Waals surface area contributed by atoms with Gasteiger partial charge in [-0.3, -0.25) is 0 Å². The Kier molecular flexibility index (Phi) is 7.93.